The summed E-state index contributed by atoms with van der Waals surface area (Å²) in [6.45, 7) is 0. The molecule has 89 valence electrons. The van der Waals surface area contributed by atoms with E-state index in [1.54, 1.807) is 0 Å². The standard InChI is InChI=1S/C6H4Cl2NO6P.Na/c7-4-1-3(9(10)11)2-5(8)6(4)15-16(12,13)14;/h1-2H,(H2,12,13,14);. The number of rotatable bonds is 3. The third kappa shape index (κ3) is 5.11. The van der Waals surface area contributed by atoms with Gasteiger partial charge in [0, 0.05) is 41.7 Å². The van der Waals surface area contributed by atoms with Crippen molar-refractivity contribution in [2.45, 2.75) is 0 Å². The van der Waals surface area contributed by atoms with Crippen LogP contribution in [0.2, 0.25) is 10.0 Å². The second-order valence-corrected chi connectivity index (χ2v) is 4.56. The van der Waals surface area contributed by atoms with Crippen molar-refractivity contribution >= 4 is 66.3 Å². The molecule has 0 aliphatic carbocycles. The van der Waals surface area contributed by atoms with Gasteiger partial charge in [-0.25, -0.2) is 4.57 Å². The van der Waals surface area contributed by atoms with E-state index in [0.717, 1.165) is 12.1 Å². The van der Waals surface area contributed by atoms with Gasteiger partial charge in [-0.15, -0.1) is 0 Å². The SMILES string of the molecule is O=[N+]([O-])c1cc(Cl)c(OP(=O)(O)O)c(Cl)c1.[Na]. The largest absolute Gasteiger partial charge is 0.524 e. The van der Waals surface area contributed by atoms with Crippen LogP contribution in [-0.4, -0.2) is 44.3 Å². The van der Waals surface area contributed by atoms with E-state index in [2.05, 4.69) is 4.52 Å². The number of nitrogens with zero attached hydrogens (tertiary/aromatic N) is 1. The summed E-state index contributed by atoms with van der Waals surface area (Å²) in [4.78, 5) is 26.7. The summed E-state index contributed by atoms with van der Waals surface area (Å²) in [7, 11) is -4.82. The maximum Gasteiger partial charge on any atom is 0.524 e. The van der Waals surface area contributed by atoms with Crippen molar-refractivity contribution in [1.82, 2.24) is 0 Å². The Labute approximate surface area is 127 Å². The quantitative estimate of drug-likeness (QED) is 0.382. The summed E-state index contributed by atoms with van der Waals surface area (Å²) in [5, 5.41) is 9.68. The van der Waals surface area contributed by atoms with Crippen LogP contribution in [0.3, 0.4) is 0 Å². The monoisotopic (exact) mass is 310 g/mol. The molecule has 7 nitrogen and oxygen atoms in total. The molecule has 0 aliphatic heterocycles. The zero-order chi connectivity index (χ0) is 12.5. The number of hydrogen-bond donors (Lipinski definition) is 2. The van der Waals surface area contributed by atoms with Crippen LogP contribution in [0.1, 0.15) is 0 Å². The minimum atomic E-state index is -4.82. The molecule has 0 saturated carbocycles. The minimum absolute atomic E-state index is 0. The Bertz CT molecular complexity index is 468. The molecule has 11 heteroatoms. The molecule has 1 aromatic rings. The van der Waals surface area contributed by atoms with Gasteiger partial charge in [-0.1, -0.05) is 23.2 Å². The Morgan fingerprint density at radius 1 is 1.29 bits per heavy atom. The number of halogens is 2. The molecular formula is C6H4Cl2NNaO6P. The molecule has 17 heavy (non-hydrogen) atoms. The predicted octanol–water partition coefficient (Wildman–Crippen LogP) is 1.99. The molecule has 2 N–H and O–H groups in total. The van der Waals surface area contributed by atoms with Crippen molar-refractivity contribution in [2.75, 3.05) is 0 Å². The summed E-state index contributed by atoms with van der Waals surface area (Å²) in [5.74, 6) is -0.498. The van der Waals surface area contributed by atoms with E-state index < -0.39 is 24.2 Å². The van der Waals surface area contributed by atoms with E-state index in [4.69, 9.17) is 33.0 Å². The molecule has 0 spiro atoms. The number of phosphoric acid groups is 1. The Balaban J connectivity index is 0.00000256. The van der Waals surface area contributed by atoms with Gasteiger partial charge >= 0.3 is 7.82 Å². The third-order valence-electron chi connectivity index (χ3n) is 1.40. The van der Waals surface area contributed by atoms with Crippen molar-refractivity contribution in [1.29, 1.82) is 0 Å². The molecular weight excluding hydrogens is 307 g/mol. The number of hydrogen-bond acceptors (Lipinski definition) is 4. The second kappa shape index (κ2) is 6.36. The molecule has 0 bridgehead atoms. The topological polar surface area (TPSA) is 110 Å². The Hall–Kier alpha value is 0.150. The Morgan fingerprint density at radius 3 is 2.00 bits per heavy atom. The average Bonchev–Trinajstić information content (AvgIpc) is 2.09. The van der Waals surface area contributed by atoms with Gasteiger partial charge in [0.2, 0.25) is 0 Å². The fraction of sp³-hybridized carbons (Fsp3) is 0. The van der Waals surface area contributed by atoms with Gasteiger partial charge in [-0.2, -0.15) is 0 Å². The van der Waals surface area contributed by atoms with Gasteiger partial charge in [0.05, 0.1) is 15.0 Å². The van der Waals surface area contributed by atoms with Crippen LogP contribution < -0.4 is 4.52 Å². The average molecular weight is 311 g/mol. The van der Waals surface area contributed by atoms with E-state index in [1.165, 1.54) is 0 Å². The minimum Gasteiger partial charge on any atom is -0.401 e. The van der Waals surface area contributed by atoms with E-state index in [-0.39, 0.29) is 39.6 Å². The second-order valence-electron chi connectivity index (χ2n) is 2.58. The van der Waals surface area contributed by atoms with E-state index in [9.17, 15) is 14.7 Å². The van der Waals surface area contributed by atoms with Gasteiger partial charge in [0.1, 0.15) is 0 Å². The van der Waals surface area contributed by atoms with Gasteiger partial charge < -0.3 is 4.52 Å². The molecule has 0 fully saturated rings. The van der Waals surface area contributed by atoms with Crippen molar-refractivity contribution in [3.05, 3.63) is 32.3 Å². The summed E-state index contributed by atoms with van der Waals surface area (Å²) < 4.78 is 14.7. The van der Waals surface area contributed by atoms with E-state index >= 15 is 0 Å². The molecule has 1 aromatic carbocycles. The molecule has 0 aromatic heterocycles. The first-order chi connectivity index (χ1) is 7.20. The summed E-state index contributed by atoms with van der Waals surface area (Å²) in [6, 6.07) is 1.75. The fourth-order valence-electron chi connectivity index (χ4n) is 0.858. The van der Waals surface area contributed by atoms with Crippen LogP contribution in [0.25, 0.3) is 0 Å². The number of nitro benzene ring substituents is 1. The molecule has 0 atom stereocenters. The van der Waals surface area contributed by atoms with E-state index in [0.29, 0.717) is 0 Å². The summed E-state index contributed by atoms with van der Waals surface area (Å²) in [6.07, 6.45) is 0. The smallest absolute Gasteiger partial charge is 0.401 e. The molecule has 0 unspecified atom stereocenters. The van der Waals surface area contributed by atoms with E-state index in [1.807, 2.05) is 0 Å². The first-order valence-corrected chi connectivity index (χ1v) is 5.88. The first kappa shape index (κ1) is 17.2. The number of phosphoric ester groups is 1. The van der Waals surface area contributed by atoms with Gasteiger partial charge in [0.15, 0.2) is 5.75 Å². The van der Waals surface area contributed by atoms with Crippen LogP contribution in [0.5, 0.6) is 5.75 Å². The molecule has 0 heterocycles. The molecule has 0 aliphatic rings. The maximum atomic E-state index is 10.5. The molecule has 1 rings (SSSR count). The number of benzene rings is 1. The molecule has 0 amide bonds. The van der Waals surface area contributed by atoms with Gasteiger partial charge in [-0.3, -0.25) is 19.9 Å². The Kier molecular flexibility index (Phi) is 6.41. The van der Waals surface area contributed by atoms with Crippen molar-refractivity contribution in [3.8, 4) is 5.75 Å². The predicted molar refractivity (Wildman–Crippen MR) is 61.5 cm³/mol. The Morgan fingerprint density at radius 2 is 1.71 bits per heavy atom. The molecule has 1 radical (unpaired) electrons. The fourth-order valence-corrected chi connectivity index (χ4v) is 1.95. The van der Waals surface area contributed by atoms with Crippen LogP contribution in [0, 0.1) is 10.1 Å². The first-order valence-electron chi connectivity index (χ1n) is 3.59. The third-order valence-corrected chi connectivity index (χ3v) is 2.39. The summed E-state index contributed by atoms with van der Waals surface area (Å²) >= 11 is 11.1. The zero-order valence-corrected chi connectivity index (χ0v) is 12.7. The van der Waals surface area contributed by atoms with Crippen LogP contribution in [0.15, 0.2) is 12.1 Å². The number of nitro groups is 1. The van der Waals surface area contributed by atoms with Crippen molar-refractivity contribution in [3.63, 3.8) is 0 Å². The van der Waals surface area contributed by atoms with Crippen LogP contribution in [0.4, 0.5) is 5.69 Å². The normalized spacial score (nSPS) is 10.6. The van der Waals surface area contributed by atoms with Gasteiger partial charge in [-0.05, 0) is 0 Å². The van der Waals surface area contributed by atoms with Crippen LogP contribution in [-0.2, 0) is 4.57 Å². The summed E-state index contributed by atoms with van der Waals surface area (Å²) in [5.41, 5.74) is -0.409. The maximum absolute atomic E-state index is 10.5. The van der Waals surface area contributed by atoms with Gasteiger partial charge in [0.25, 0.3) is 5.69 Å². The molecule has 0 saturated heterocycles. The van der Waals surface area contributed by atoms with Crippen LogP contribution >= 0.6 is 31.0 Å². The zero-order valence-electron chi connectivity index (χ0n) is 8.33. The van der Waals surface area contributed by atoms with Crippen molar-refractivity contribution < 1.29 is 23.8 Å². The van der Waals surface area contributed by atoms with Crippen molar-refractivity contribution in [2.24, 2.45) is 0 Å². The number of non-ortho nitro benzene ring substituents is 1.